The molecule has 2 rings (SSSR count). The van der Waals surface area contributed by atoms with Crippen molar-refractivity contribution in [3.05, 3.63) is 48.0 Å². The number of carboxylic acids is 1. The normalized spacial score (nSPS) is 11.4. The lowest BCUT2D eigenvalue weighted by molar-refractivity contribution is -0.138. The Morgan fingerprint density at radius 2 is 1.76 bits per heavy atom. The third-order valence-electron chi connectivity index (χ3n) is 3.50. The molecule has 112 valence electrons. The van der Waals surface area contributed by atoms with E-state index in [2.05, 4.69) is 29.2 Å². The third-order valence-corrected chi connectivity index (χ3v) is 3.50. The van der Waals surface area contributed by atoms with Crippen molar-refractivity contribution in [3.8, 4) is 0 Å². The highest BCUT2D eigenvalue weighted by Crippen LogP contribution is 2.19. The molecule has 2 aromatic rings. The number of carbonyl (C=O) groups is 1. The highest BCUT2D eigenvalue weighted by molar-refractivity contribution is 5.85. The van der Waals surface area contributed by atoms with Crippen molar-refractivity contribution in [1.29, 1.82) is 0 Å². The van der Waals surface area contributed by atoms with Crippen LogP contribution in [0.5, 0.6) is 0 Å². The van der Waals surface area contributed by atoms with Gasteiger partial charge in [-0.25, -0.2) is 0 Å². The zero-order valence-electron chi connectivity index (χ0n) is 12.6. The lowest BCUT2D eigenvalue weighted by atomic mass is 10.0. The molecule has 0 unspecified atom stereocenters. The molecule has 0 bridgehead atoms. The Kier molecular flexibility index (Phi) is 5.31. The number of hydrogen-bond acceptors (Lipinski definition) is 3. The van der Waals surface area contributed by atoms with Crippen molar-refractivity contribution in [2.45, 2.75) is 6.54 Å². The minimum absolute atomic E-state index is 0.0665. The third kappa shape index (κ3) is 4.55. The average molecular weight is 286 g/mol. The summed E-state index contributed by atoms with van der Waals surface area (Å²) in [6.07, 6.45) is 0. The predicted molar refractivity (Wildman–Crippen MR) is 85.4 cm³/mol. The van der Waals surface area contributed by atoms with E-state index in [9.17, 15) is 4.79 Å². The molecule has 0 saturated carbocycles. The fourth-order valence-electron chi connectivity index (χ4n) is 2.42. The number of benzene rings is 2. The van der Waals surface area contributed by atoms with Crippen LogP contribution in [0.15, 0.2) is 42.5 Å². The largest absolute Gasteiger partial charge is 0.480 e. The van der Waals surface area contributed by atoms with Gasteiger partial charge < -0.3 is 10.0 Å². The van der Waals surface area contributed by atoms with Gasteiger partial charge >= 0.3 is 5.97 Å². The molecule has 0 radical (unpaired) electrons. The van der Waals surface area contributed by atoms with Gasteiger partial charge in [0.15, 0.2) is 0 Å². The maximum atomic E-state index is 11.1. The van der Waals surface area contributed by atoms with Gasteiger partial charge in [0.05, 0.1) is 6.54 Å². The lowest BCUT2D eigenvalue weighted by Gasteiger charge is -2.23. The van der Waals surface area contributed by atoms with Crippen LogP contribution in [-0.4, -0.2) is 54.6 Å². The van der Waals surface area contributed by atoms with Crippen LogP contribution in [0.4, 0.5) is 0 Å². The Hall–Kier alpha value is -1.91. The molecule has 0 fully saturated rings. The number of carboxylic acid groups (broad SMARTS) is 1. The van der Waals surface area contributed by atoms with Crippen LogP contribution >= 0.6 is 0 Å². The van der Waals surface area contributed by atoms with E-state index in [1.807, 2.05) is 37.2 Å². The first-order chi connectivity index (χ1) is 10.1. The summed E-state index contributed by atoms with van der Waals surface area (Å²) in [5.74, 6) is -0.783. The second kappa shape index (κ2) is 7.20. The molecular formula is C17H22N2O2. The highest BCUT2D eigenvalue weighted by Gasteiger charge is 2.12. The van der Waals surface area contributed by atoms with Crippen LogP contribution in [0.25, 0.3) is 10.8 Å². The number of fused-ring (bicyclic) bond motifs is 1. The lowest BCUT2D eigenvalue weighted by Crippen LogP contribution is -2.35. The van der Waals surface area contributed by atoms with E-state index in [4.69, 9.17) is 5.11 Å². The zero-order chi connectivity index (χ0) is 15.2. The van der Waals surface area contributed by atoms with Crippen molar-refractivity contribution >= 4 is 16.7 Å². The second-order valence-corrected chi connectivity index (χ2v) is 5.55. The number of aliphatic carboxylic acids is 1. The summed E-state index contributed by atoms with van der Waals surface area (Å²) in [6.45, 7) is 2.30. The molecule has 1 N–H and O–H groups in total. The average Bonchev–Trinajstić information content (AvgIpc) is 2.44. The molecule has 0 aliphatic heterocycles. The van der Waals surface area contributed by atoms with Gasteiger partial charge in [0.25, 0.3) is 0 Å². The van der Waals surface area contributed by atoms with E-state index < -0.39 is 5.97 Å². The molecule has 0 amide bonds. The van der Waals surface area contributed by atoms with E-state index in [0.717, 1.165) is 13.1 Å². The van der Waals surface area contributed by atoms with Crippen molar-refractivity contribution in [2.75, 3.05) is 33.7 Å². The molecule has 4 nitrogen and oxygen atoms in total. The topological polar surface area (TPSA) is 43.8 Å². The number of hydrogen-bond donors (Lipinski definition) is 1. The SMILES string of the molecule is CN(C)CCN(CC(=O)O)Cc1cccc2ccccc12. The van der Waals surface area contributed by atoms with Crippen molar-refractivity contribution < 1.29 is 9.90 Å². The Morgan fingerprint density at radius 1 is 1.05 bits per heavy atom. The van der Waals surface area contributed by atoms with Gasteiger partial charge in [-0.3, -0.25) is 9.69 Å². The first-order valence-corrected chi connectivity index (χ1v) is 7.12. The Morgan fingerprint density at radius 3 is 2.48 bits per heavy atom. The van der Waals surface area contributed by atoms with E-state index in [1.54, 1.807) is 0 Å². The first kappa shape index (κ1) is 15.5. The van der Waals surface area contributed by atoms with Gasteiger partial charge in [-0.05, 0) is 30.4 Å². The Bertz CT molecular complexity index is 605. The molecule has 4 heteroatoms. The summed E-state index contributed by atoms with van der Waals surface area (Å²) in [5.41, 5.74) is 1.17. The van der Waals surface area contributed by atoms with E-state index in [0.29, 0.717) is 6.54 Å². The number of nitrogens with zero attached hydrogens (tertiary/aromatic N) is 2. The highest BCUT2D eigenvalue weighted by atomic mass is 16.4. The first-order valence-electron chi connectivity index (χ1n) is 7.12. The number of likely N-dealkylation sites (N-methyl/N-ethyl adjacent to an activating group) is 1. The smallest absolute Gasteiger partial charge is 0.317 e. The summed E-state index contributed by atoms with van der Waals surface area (Å²) in [5, 5.41) is 11.5. The maximum absolute atomic E-state index is 11.1. The molecule has 0 atom stereocenters. The molecule has 0 aliphatic carbocycles. The molecule has 0 aromatic heterocycles. The van der Waals surface area contributed by atoms with Crippen LogP contribution in [-0.2, 0) is 11.3 Å². The summed E-state index contributed by atoms with van der Waals surface area (Å²) < 4.78 is 0. The van der Waals surface area contributed by atoms with Crippen molar-refractivity contribution in [3.63, 3.8) is 0 Å². The number of rotatable bonds is 7. The molecule has 0 aliphatic rings. The molecular weight excluding hydrogens is 264 g/mol. The second-order valence-electron chi connectivity index (χ2n) is 5.55. The van der Waals surface area contributed by atoms with Crippen molar-refractivity contribution in [2.24, 2.45) is 0 Å². The standard InChI is InChI=1S/C17H22N2O2/c1-18(2)10-11-19(13-17(20)21)12-15-8-5-7-14-6-3-4-9-16(14)15/h3-9H,10-13H2,1-2H3,(H,20,21). The Balaban J connectivity index is 2.19. The summed E-state index contributed by atoms with van der Waals surface area (Å²) in [6, 6.07) is 14.4. The minimum Gasteiger partial charge on any atom is -0.480 e. The van der Waals surface area contributed by atoms with Gasteiger partial charge in [0.2, 0.25) is 0 Å². The summed E-state index contributed by atoms with van der Waals surface area (Å²) in [7, 11) is 3.99. The van der Waals surface area contributed by atoms with Crippen LogP contribution in [0, 0.1) is 0 Å². The van der Waals surface area contributed by atoms with Crippen LogP contribution < -0.4 is 0 Å². The molecule has 0 spiro atoms. The zero-order valence-corrected chi connectivity index (χ0v) is 12.6. The maximum Gasteiger partial charge on any atom is 0.317 e. The molecule has 21 heavy (non-hydrogen) atoms. The molecule has 2 aromatic carbocycles. The summed E-state index contributed by atoms with van der Waals surface area (Å²) in [4.78, 5) is 15.1. The monoisotopic (exact) mass is 286 g/mol. The predicted octanol–water partition coefficient (Wildman–Crippen LogP) is 2.29. The fourth-order valence-corrected chi connectivity index (χ4v) is 2.42. The fraction of sp³-hybridized carbons (Fsp3) is 0.353. The molecule has 0 heterocycles. The Labute approximate surface area is 125 Å². The van der Waals surface area contributed by atoms with Gasteiger partial charge in [-0.15, -0.1) is 0 Å². The summed E-state index contributed by atoms with van der Waals surface area (Å²) >= 11 is 0. The molecule has 0 saturated heterocycles. The van der Waals surface area contributed by atoms with Crippen LogP contribution in [0.2, 0.25) is 0 Å². The van der Waals surface area contributed by atoms with E-state index in [-0.39, 0.29) is 6.54 Å². The van der Waals surface area contributed by atoms with Gasteiger partial charge in [-0.1, -0.05) is 42.5 Å². The van der Waals surface area contributed by atoms with E-state index in [1.165, 1.54) is 16.3 Å². The van der Waals surface area contributed by atoms with Gasteiger partial charge in [0.1, 0.15) is 0 Å². The van der Waals surface area contributed by atoms with Gasteiger partial charge in [-0.2, -0.15) is 0 Å². The van der Waals surface area contributed by atoms with Crippen LogP contribution in [0.1, 0.15) is 5.56 Å². The van der Waals surface area contributed by atoms with Crippen LogP contribution in [0.3, 0.4) is 0 Å². The van der Waals surface area contributed by atoms with Crippen molar-refractivity contribution in [1.82, 2.24) is 9.80 Å². The quantitative estimate of drug-likeness (QED) is 0.848. The van der Waals surface area contributed by atoms with E-state index >= 15 is 0 Å². The van der Waals surface area contributed by atoms with Gasteiger partial charge in [0, 0.05) is 19.6 Å². The minimum atomic E-state index is -0.783.